The van der Waals surface area contributed by atoms with Crippen molar-refractivity contribution < 1.29 is 14.4 Å². The van der Waals surface area contributed by atoms with Crippen LogP contribution < -0.4 is 11.1 Å². The number of fused-ring (bicyclic) bond motifs is 1. The van der Waals surface area contributed by atoms with Crippen LogP contribution in [0.1, 0.15) is 32.3 Å². The molecule has 2 rings (SSSR count). The fourth-order valence-corrected chi connectivity index (χ4v) is 2.69. The van der Waals surface area contributed by atoms with E-state index < -0.39 is 17.9 Å². The summed E-state index contributed by atoms with van der Waals surface area (Å²) in [6.45, 7) is 4.17. The van der Waals surface area contributed by atoms with E-state index in [2.05, 4.69) is 5.32 Å². The molecule has 0 spiro atoms. The molecule has 0 bridgehead atoms. The number of nitrogens with zero attached hydrogens (tertiary/aromatic N) is 1. The molecule has 2 unspecified atom stereocenters. The summed E-state index contributed by atoms with van der Waals surface area (Å²) in [5.74, 6) is -1.35. The number of nitrogens with two attached hydrogens (primary N) is 1. The Balaban J connectivity index is 2.41. The first kappa shape index (κ1) is 16.0. The molecule has 2 atom stereocenters. The van der Waals surface area contributed by atoms with E-state index in [1.54, 1.807) is 0 Å². The summed E-state index contributed by atoms with van der Waals surface area (Å²) in [4.78, 5) is 37.5. The molecule has 1 aromatic carbocycles. The molecule has 6 heteroatoms. The van der Waals surface area contributed by atoms with Crippen LogP contribution in [0.4, 0.5) is 5.69 Å². The number of carbonyl (C=O) groups is 3. The zero-order valence-electron chi connectivity index (χ0n) is 12.8. The van der Waals surface area contributed by atoms with Gasteiger partial charge >= 0.3 is 0 Å². The summed E-state index contributed by atoms with van der Waals surface area (Å²) < 4.78 is 0. The zero-order chi connectivity index (χ0) is 16.3. The molecular formula is C16H21N3O3. The van der Waals surface area contributed by atoms with Crippen LogP contribution in [-0.2, 0) is 20.9 Å². The number of nitrogens with one attached hydrogen (secondary N) is 1. The van der Waals surface area contributed by atoms with Gasteiger partial charge in [-0.05, 0) is 17.5 Å². The van der Waals surface area contributed by atoms with Gasteiger partial charge in [0.05, 0.1) is 0 Å². The lowest BCUT2D eigenvalue weighted by atomic mass is 9.96. The van der Waals surface area contributed by atoms with Crippen molar-refractivity contribution >= 4 is 23.4 Å². The third-order valence-corrected chi connectivity index (χ3v) is 4.05. The van der Waals surface area contributed by atoms with Gasteiger partial charge in [0.1, 0.15) is 12.5 Å². The largest absolute Gasteiger partial charge is 0.369 e. The minimum absolute atomic E-state index is 0.0221. The molecular weight excluding hydrogens is 282 g/mol. The highest BCUT2D eigenvalue weighted by molar-refractivity contribution is 6.02. The molecule has 22 heavy (non-hydrogen) atoms. The Morgan fingerprint density at radius 2 is 2.09 bits per heavy atom. The van der Waals surface area contributed by atoms with Gasteiger partial charge < -0.3 is 16.0 Å². The molecule has 1 heterocycles. The van der Waals surface area contributed by atoms with Crippen molar-refractivity contribution in [3.63, 3.8) is 0 Å². The SMILES string of the molecule is CCC(C)C1C(=O)Nc2ccccc2CN1C(=O)CC(N)=O. The lowest BCUT2D eigenvalue weighted by Gasteiger charge is -2.32. The standard InChI is InChI=1S/C16H21N3O3/c1-3-10(2)15-16(22)18-12-7-5-4-6-11(12)9-19(15)14(21)8-13(17)20/h4-7,10,15H,3,8-9H2,1-2H3,(H2,17,20)(H,18,22). The van der Waals surface area contributed by atoms with E-state index in [0.29, 0.717) is 5.69 Å². The zero-order valence-corrected chi connectivity index (χ0v) is 12.8. The van der Waals surface area contributed by atoms with Gasteiger partial charge in [-0.2, -0.15) is 0 Å². The maximum Gasteiger partial charge on any atom is 0.247 e. The molecule has 0 fully saturated rings. The molecule has 118 valence electrons. The van der Waals surface area contributed by atoms with Crippen LogP contribution >= 0.6 is 0 Å². The van der Waals surface area contributed by atoms with E-state index in [4.69, 9.17) is 5.73 Å². The number of benzene rings is 1. The summed E-state index contributed by atoms with van der Waals surface area (Å²) in [7, 11) is 0. The number of carbonyl (C=O) groups excluding carboxylic acids is 3. The van der Waals surface area contributed by atoms with Crippen molar-refractivity contribution in [2.75, 3.05) is 5.32 Å². The predicted molar refractivity (Wildman–Crippen MR) is 82.7 cm³/mol. The van der Waals surface area contributed by atoms with Crippen molar-refractivity contribution in [3.8, 4) is 0 Å². The number of hydrogen-bond donors (Lipinski definition) is 2. The first-order valence-corrected chi connectivity index (χ1v) is 7.40. The average molecular weight is 303 g/mol. The van der Waals surface area contributed by atoms with Gasteiger partial charge in [-0.25, -0.2) is 0 Å². The van der Waals surface area contributed by atoms with Gasteiger partial charge in [0.25, 0.3) is 0 Å². The maximum absolute atomic E-state index is 12.6. The van der Waals surface area contributed by atoms with E-state index in [1.807, 2.05) is 38.1 Å². The summed E-state index contributed by atoms with van der Waals surface area (Å²) in [5.41, 5.74) is 6.69. The third-order valence-electron chi connectivity index (χ3n) is 4.05. The number of anilines is 1. The molecule has 1 aliphatic heterocycles. The first-order chi connectivity index (χ1) is 10.4. The van der Waals surface area contributed by atoms with Gasteiger partial charge in [0, 0.05) is 12.2 Å². The number of rotatable bonds is 4. The smallest absolute Gasteiger partial charge is 0.247 e. The summed E-state index contributed by atoms with van der Waals surface area (Å²) in [6, 6.07) is 6.75. The van der Waals surface area contributed by atoms with Crippen LogP contribution in [0.15, 0.2) is 24.3 Å². The Morgan fingerprint density at radius 1 is 1.41 bits per heavy atom. The van der Waals surface area contributed by atoms with E-state index in [1.165, 1.54) is 4.90 Å². The second kappa shape index (κ2) is 6.60. The molecule has 1 aliphatic rings. The molecule has 0 saturated heterocycles. The normalized spacial score (nSPS) is 18.9. The van der Waals surface area contributed by atoms with Crippen molar-refractivity contribution in [1.29, 1.82) is 0 Å². The number of hydrogen-bond acceptors (Lipinski definition) is 3. The Hall–Kier alpha value is -2.37. The van der Waals surface area contributed by atoms with Crippen molar-refractivity contribution in [2.24, 2.45) is 11.7 Å². The van der Waals surface area contributed by atoms with Crippen molar-refractivity contribution in [2.45, 2.75) is 39.3 Å². The quantitative estimate of drug-likeness (QED) is 0.820. The summed E-state index contributed by atoms with van der Waals surface area (Å²) in [6.07, 6.45) is 0.358. The highest BCUT2D eigenvalue weighted by atomic mass is 16.2. The lowest BCUT2D eigenvalue weighted by Crippen LogP contribution is -2.49. The highest BCUT2D eigenvalue weighted by Crippen LogP contribution is 2.27. The van der Waals surface area contributed by atoms with Crippen molar-refractivity contribution in [3.05, 3.63) is 29.8 Å². The van der Waals surface area contributed by atoms with Crippen LogP contribution in [-0.4, -0.2) is 28.7 Å². The molecule has 3 amide bonds. The van der Waals surface area contributed by atoms with Gasteiger partial charge in [-0.15, -0.1) is 0 Å². The van der Waals surface area contributed by atoms with Gasteiger partial charge in [-0.1, -0.05) is 38.5 Å². The van der Waals surface area contributed by atoms with Gasteiger partial charge in [0.15, 0.2) is 0 Å². The monoisotopic (exact) mass is 303 g/mol. The highest BCUT2D eigenvalue weighted by Gasteiger charge is 2.36. The van der Waals surface area contributed by atoms with Crippen molar-refractivity contribution in [1.82, 2.24) is 4.90 Å². The molecule has 0 saturated carbocycles. The summed E-state index contributed by atoms with van der Waals surface area (Å²) >= 11 is 0. The Kier molecular flexibility index (Phi) is 4.80. The number of para-hydroxylation sites is 1. The molecule has 6 nitrogen and oxygen atoms in total. The second-order valence-corrected chi connectivity index (χ2v) is 5.64. The summed E-state index contributed by atoms with van der Waals surface area (Å²) in [5, 5.41) is 2.88. The van der Waals surface area contributed by atoms with E-state index >= 15 is 0 Å². The van der Waals surface area contributed by atoms with Crippen LogP contribution in [0.3, 0.4) is 0 Å². The topological polar surface area (TPSA) is 92.5 Å². The minimum atomic E-state index is -0.689. The minimum Gasteiger partial charge on any atom is -0.369 e. The van der Waals surface area contributed by atoms with Crippen LogP contribution in [0.2, 0.25) is 0 Å². The molecule has 1 aromatic rings. The van der Waals surface area contributed by atoms with Gasteiger partial charge in [-0.3, -0.25) is 14.4 Å². The number of primary amides is 1. The fourth-order valence-electron chi connectivity index (χ4n) is 2.69. The Labute approximate surface area is 129 Å². The van der Waals surface area contributed by atoms with Crippen LogP contribution in [0.25, 0.3) is 0 Å². The number of amides is 3. The molecule has 0 aromatic heterocycles. The Morgan fingerprint density at radius 3 is 2.73 bits per heavy atom. The predicted octanol–water partition coefficient (Wildman–Crippen LogP) is 1.26. The van der Waals surface area contributed by atoms with Crippen LogP contribution in [0, 0.1) is 5.92 Å². The van der Waals surface area contributed by atoms with E-state index in [0.717, 1.165) is 12.0 Å². The first-order valence-electron chi connectivity index (χ1n) is 7.40. The van der Waals surface area contributed by atoms with Gasteiger partial charge in [0.2, 0.25) is 17.7 Å². The van der Waals surface area contributed by atoms with E-state index in [9.17, 15) is 14.4 Å². The van der Waals surface area contributed by atoms with Crippen LogP contribution in [0.5, 0.6) is 0 Å². The second-order valence-electron chi connectivity index (χ2n) is 5.64. The maximum atomic E-state index is 12.6. The Bertz CT molecular complexity index is 600. The molecule has 0 radical (unpaired) electrons. The average Bonchev–Trinajstić information content (AvgIpc) is 2.61. The molecule has 3 N–H and O–H groups in total. The lowest BCUT2D eigenvalue weighted by molar-refractivity contribution is -0.143. The fraction of sp³-hybridized carbons (Fsp3) is 0.438. The van der Waals surface area contributed by atoms with E-state index in [-0.39, 0.29) is 24.8 Å². The third kappa shape index (κ3) is 3.27. The molecule has 0 aliphatic carbocycles.